The molecule has 0 saturated carbocycles. The van der Waals surface area contributed by atoms with Crippen molar-refractivity contribution in [1.82, 2.24) is 9.88 Å². The molecule has 2 aromatic rings. The highest BCUT2D eigenvalue weighted by Crippen LogP contribution is 2.22. The minimum absolute atomic E-state index is 0.0190. The van der Waals surface area contributed by atoms with Gasteiger partial charge < -0.3 is 9.88 Å². The first-order chi connectivity index (χ1) is 9.69. The van der Waals surface area contributed by atoms with Crippen LogP contribution in [0.25, 0.3) is 5.69 Å². The number of hydrogen-bond donors (Lipinski definition) is 1. The van der Waals surface area contributed by atoms with Crippen LogP contribution in [-0.2, 0) is 0 Å². The van der Waals surface area contributed by atoms with Crippen LogP contribution >= 0.6 is 0 Å². The van der Waals surface area contributed by atoms with Gasteiger partial charge in [0, 0.05) is 22.6 Å². The average molecular weight is 284 g/mol. The predicted molar refractivity (Wildman–Crippen MR) is 87.2 cm³/mol. The second-order valence-corrected chi connectivity index (χ2v) is 6.66. The van der Waals surface area contributed by atoms with E-state index < -0.39 is 0 Å². The lowest BCUT2D eigenvalue weighted by Gasteiger charge is -2.20. The molecule has 1 heterocycles. The van der Waals surface area contributed by atoms with Gasteiger partial charge in [-0.15, -0.1) is 0 Å². The molecule has 0 radical (unpaired) electrons. The van der Waals surface area contributed by atoms with Gasteiger partial charge in [-0.1, -0.05) is 12.1 Å². The molecule has 1 N–H and O–H groups in total. The Morgan fingerprint density at radius 3 is 2.33 bits per heavy atom. The van der Waals surface area contributed by atoms with Gasteiger partial charge in [0.2, 0.25) is 0 Å². The summed E-state index contributed by atoms with van der Waals surface area (Å²) >= 11 is 0. The Labute approximate surface area is 127 Å². The van der Waals surface area contributed by atoms with Crippen LogP contribution in [0.1, 0.15) is 48.1 Å². The molecule has 112 valence electrons. The molecule has 3 heteroatoms. The first kappa shape index (κ1) is 15.4. The van der Waals surface area contributed by atoms with Crippen molar-refractivity contribution in [2.75, 3.05) is 0 Å². The summed E-state index contributed by atoms with van der Waals surface area (Å²) in [5.41, 5.74) is 4.85. The van der Waals surface area contributed by atoms with E-state index in [9.17, 15) is 4.79 Å². The normalized spacial score (nSPS) is 11.5. The van der Waals surface area contributed by atoms with Crippen LogP contribution in [0, 0.1) is 20.8 Å². The number of nitrogens with zero attached hydrogens (tertiary/aromatic N) is 1. The zero-order valence-corrected chi connectivity index (χ0v) is 13.7. The first-order valence-electron chi connectivity index (χ1n) is 7.27. The van der Waals surface area contributed by atoms with Gasteiger partial charge in [0.05, 0.1) is 5.56 Å². The summed E-state index contributed by atoms with van der Waals surface area (Å²) in [5, 5.41) is 3.03. The van der Waals surface area contributed by atoms with E-state index in [0.717, 1.165) is 22.6 Å². The lowest BCUT2D eigenvalue weighted by atomic mass is 10.1. The molecule has 0 bridgehead atoms. The van der Waals surface area contributed by atoms with Gasteiger partial charge in [-0.05, 0) is 65.3 Å². The number of amides is 1. The Morgan fingerprint density at radius 2 is 1.76 bits per heavy atom. The van der Waals surface area contributed by atoms with Crippen molar-refractivity contribution in [3.63, 3.8) is 0 Å². The molecule has 1 aromatic carbocycles. The van der Waals surface area contributed by atoms with Crippen LogP contribution in [-0.4, -0.2) is 16.0 Å². The lowest BCUT2D eigenvalue weighted by Crippen LogP contribution is -2.40. The average Bonchev–Trinajstić information content (AvgIpc) is 2.62. The Hall–Kier alpha value is -2.03. The van der Waals surface area contributed by atoms with Crippen LogP contribution in [0.3, 0.4) is 0 Å². The van der Waals surface area contributed by atoms with Crippen molar-refractivity contribution in [1.29, 1.82) is 0 Å². The van der Waals surface area contributed by atoms with Crippen LogP contribution in [0.15, 0.2) is 30.3 Å². The summed E-state index contributed by atoms with van der Waals surface area (Å²) in [4.78, 5) is 12.4. The number of hydrogen-bond acceptors (Lipinski definition) is 1. The minimum atomic E-state index is -0.233. The van der Waals surface area contributed by atoms with Gasteiger partial charge in [0.25, 0.3) is 5.91 Å². The molecule has 0 aliphatic carbocycles. The minimum Gasteiger partial charge on any atom is -0.347 e. The third-order valence-electron chi connectivity index (χ3n) is 3.42. The Kier molecular flexibility index (Phi) is 3.95. The Morgan fingerprint density at radius 1 is 1.10 bits per heavy atom. The maximum atomic E-state index is 12.4. The number of rotatable bonds is 2. The fraction of sp³-hybridized carbons (Fsp3) is 0.389. The number of carbonyl (C=O) groups is 1. The largest absolute Gasteiger partial charge is 0.347 e. The predicted octanol–water partition coefficient (Wildman–Crippen LogP) is 3.93. The quantitative estimate of drug-likeness (QED) is 0.890. The third-order valence-corrected chi connectivity index (χ3v) is 3.42. The van der Waals surface area contributed by atoms with Gasteiger partial charge in [-0.3, -0.25) is 4.79 Å². The van der Waals surface area contributed by atoms with E-state index in [-0.39, 0.29) is 11.4 Å². The molecule has 0 saturated heterocycles. The molecule has 3 nitrogen and oxygen atoms in total. The van der Waals surface area contributed by atoms with E-state index in [1.165, 1.54) is 5.56 Å². The summed E-state index contributed by atoms with van der Waals surface area (Å²) in [5.74, 6) is -0.0190. The zero-order valence-electron chi connectivity index (χ0n) is 13.7. The molecule has 0 fully saturated rings. The van der Waals surface area contributed by atoms with Gasteiger partial charge in [-0.2, -0.15) is 0 Å². The first-order valence-corrected chi connectivity index (χ1v) is 7.27. The fourth-order valence-corrected chi connectivity index (χ4v) is 2.56. The smallest absolute Gasteiger partial charge is 0.253 e. The molecule has 1 aromatic heterocycles. The number of aryl methyl sites for hydroxylation is 2. The highest BCUT2D eigenvalue weighted by atomic mass is 16.1. The summed E-state index contributed by atoms with van der Waals surface area (Å²) in [6.07, 6.45) is 0. The molecule has 0 spiro atoms. The molecular weight excluding hydrogens is 260 g/mol. The van der Waals surface area contributed by atoms with Crippen molar-refractivity contribution in [3.8, 4) is 5.69 Å². The molecule has 2 rings (SSSR count). The van der Waals surface area contributed by atoms with Gasteiger partial charge >= 0.3 is 0 Å². The number of nitrogens with one attached hydrogen (secondary N) is 1. The molecule has 0 aliphatic heterocycles. The number of aromatic nitrogens is 1. The summed E-state index contributed by atoms with van der Waals surface area (Å²) < 4.78 is 2.13. The van der Waals surface area contributed by atoms with E-state index >= 15 is 0 Å². The van der Waals surface area contributed by atoms with Crippen molar-refractivity contribution in [2.24, 2.45) is 0 Å². The summed E-state index contributed by atoms with van der Waals surface area (Å²) in [6, 6.07) is 10.3. The van der Waals surface area contributed by atoms with Crippen LogP contribution < -0.4 is 5.32 Å². The van der Waals surface area contributed by atoms with Gasteiger partial charge in [0.15, 0.2) is 0 Å². The third kappa shape index (κ3) is 3.35. The summed E-state index contributed by atoms with van der Waals surface area (Å²) in [6.45, 7) is 12.1. The van der Waals surface area contributed by atoms with Crippen molar-refractivity contribution < 1.29 is 4.79 Å². The topological polar surface area (TPSA) is 34.0 Å². The van der Waals surface area contributed by atoms with Gasteiger partial charge in [-0.25, -0.2) is 0 Å². The molecule has 0 aliphatic rings. The van der Waals surface area contributed by atoms with Crippen LogP contribution in [0.4, 0.5) is 0 Å². The standard InChI is InChI=1S/C18H24N2O/c1-12-8-7-9-15(10-12)20-13(2)11-16(14(20)3)17(21)19-18(4,5)6/h7-11H,1-6H3,(H,19,21). The monoisotopic (exact) mass is 284 g/mol. The number of benzene rings is 1. The summed E-state index contributed by atoms with van der Waals surface area (Å²) in [7, 11) is 0. The second kappa shape index (κ2) is 5.40. The SMILES string of the molecule is Cc1cccc(-n2c(C)cc(C(=O)NC(C)(C)C)c2C)c1. The van der Waals surface area contributed by atoms with Crippen molar-refractivity contribution in [3.05, 3.63) is 52.8 Å². The number of carbonyl (C=O) groups excluding carboxylic acids is 1. The lowest BCUT2D eigenvalue weighted by molar-refractivity contribution is 0.0919. The fourth-order valence-electron chi connectivity index (χ4n) is 2.56. The van der Waals surface area contributed by atoms with E-state index in [4.69, 9.17) is 0 Å². The Balaban J connectivity index is 2.45. The second-order valence-electron chi connectivity index (χ2n) is 6.66. The molecular formula is C18H24N2O. The van der Waals surface area contributed by atoms with E-state index in [2.05, 4.69) is 35.0 Å². The Bertz CT molecular complexity index is 675. The van der Waals surface area contributed by atoms with Crippen LogP contribution in [0.2, 0.25) is 0 Å². The molecule has 0 atom stereocenters. The highest BCUT2D eigenvalue weighted by molar-refractivity contribution is 5.96. The van der Waals surface area contributed by atoms with Gasteiger partial charge in [0.1, 0.15) is 0 Å². The van der Waals surface area contributed by atoms with E-state index in [1.807, 2.05) is 46.8 Å². The zero-order chi connectivity index (χ0) is 15.8. The van der Waals surface area contributed by atoms with E-state index in [0.29, 0.717) is 0 Å². The molecule has 0 unspecified atom stereocenters. The highest BCUT2D eigenvalue weighted by Gasteiger charge is 2.20. The molecule has 1 amide bonds. The molecule has 21 heavy (non-hydrogen) atoms. The van der Waals surface area contributed by atoms with Crippen molar-refractivity contribution >= 4 is 5.91 Å². The van der Waals surface area contributed by atoms with Crippen LogP contribution in [0.5, 0.6) is 0 Å². The maximum Gasteiger partial charge on any atom is 0.253 e. The van der Waals surface area contributed by atoms with E-state index in [1.54, 1.807) is 0 Å². The van der Waals surface area contributed by atoms with Crippen molar-refractivity contribution in [2.45, 2.75) is 47.1 Å². The maximum absolute atomic E-state index is 12.4.